The maximum absolute atomic E-state index is 13.0. The maximum atomic E-state index is 13.0. The number of hydrogen-bond acceptors (Lipinski definition) is 4. The van der Waals surface area contributed by atoms with Gasteiger partial charge in [-0.1, -0.05) is 12.1 Å². The molecule has 0 fully saturated rings. The summed E-state index contributed by atoms with van der Waals surface area (Å²) in [6.07, 6.45) is 1.22. The van der Waals surface area contributed by atoms with E-state index in [0.29, 0.717) is 11.5 Å². The van der Waals surface area contributed by atoms with Crippen molar-refractivity contribution in [2.45, 2.75) is 0 Å². The van der Waals surface area contributed by atoms with Crippen LogP contribution in [0.1, 0.15) is 10.4 Å². The van der Waals surface area contributed by atoms with Gasteiger partial charge in [-0.05, 0) is 41.1 Å². The minimum absolute atomic E-state index is 0.109. The number of halogens is 1. The highest BCUT2D eigenvalue weighted by molar-refractivity contribution is 5.92. The largest absolute Gasteiger partial charge is 0.497 e. The maximum Gasteiger partial charge on any atom is 0.343 e. The van der Waals surface area contributed by atoms with E-state index >= 15 is 0 Å². The predicted octanol–water partition coefficient (Wildman–Crippen LogP) is 3.60. The molecule has 0 atom stereocenters. The van der Waals surface area contributed by atoms with Crippen molar-refractivity contribution in [2.24, 2.45) is 0 Å². The van der Waals surface area contributed by atoms with Crippen LogP contribution in [0.15, 0.2) is 54.7 Å². The lowest BCUT2D eigenvalue weighted by atomic mass is 10.1. The van der Waals surface area contributed by atoms with Crippen LogP contribution < -0.4 is 9.47 Å². The molecule has 0 spiro atoms. The topological polar surface area (TPSA) is 48.4 Å². The smallest absolute Gasteiger partial charge is 0.343 e. The second-order valence-corrected chi connectivity index (χ2v) is 4.63. The number of rotatable bonds is 3. The molecule has 4 nitrogen and oxygen atoms in total. The van der Waals surface area contributed by atoms with E-state index in [4.69, 9.17) is 9.47 Å². The van der Waals surface area contributed by atoms with Crippen molar-refractivity contribution in [3.05, 3.63) is 66.2 Å². The third-order valence-electron chi connectivity index (χ3n) is 3.19. The van der Waals surface area contributed by atoms with Gasteiger partial charge < -0.3 is 9.47 Å². The van der Waals surface area contributed by atoms with E-state index in [1.807, 2.05) is 24.3 Å². The lowest BCUT2D eigenvalue weighted by Gasteiger charge is -2.07. The van der Waals surface area contributed by atoms with Gasteiger partial charge in [0.1, 0.15) is 11.5 Å². The fourth-order valence-corrected chi connectivity index (χ4v) is 2.09. The quantitative estimate of drug-likeness (QED) is 0.421. The number of esters is 1. The Labute approximate surface area is 126 Å². The highest BCUT2D eigenvalue weighted by Gasteiger charge is 2.10. The molecule has 1 aromatic heterocycles. The van der Waals surface area contributed by atoms with Crippen LogP contribution in [-0.4, -0.2) is 18.1 Å². The minimum Gasteiger partial charge on any atom is -0.497 e. The number of ether oxygens (including phenoxy) is 2. The molecule has 0 saturated heterocycles. The van der Waals surface area contributed by atoms with Gasteiger partial charge in [-0.15, -0.1) is 0 Å². The summed E-state index contributed by atoms with van der Waals surface area (Å²) in [6, 6.07) is 13.3. The molecule has 2 aromatic carbocycles. The zero-order chi connectivity index (χ0) is 15.5. The number of carbonyl (C=O) groups is 1. The van der Waals surface area contributed by atoms with E-state index in [0.717, 1.165) is 16.8 Å². The molecule has 0 N–H and O–H groups in total. The molecule has 0 bridgehead atoms. The van der Waals surface area contributed by atoms with E-state index in [-0.39, 0.29) is 5.56 Å². The molecule has 0 aliphatic carbocycles. The van der Waals surface area contributed by atoms with E-state index in [1.54, 1.807) is 19.2 Å². The summed E-state index contributed by atoms with van der Waals surface area (Å²) in [6.45, 7) is 0. The van der Waals surface area contributed by atoms with Crippen molar-refractivity contribution in [1.29, 1.82) is 0 Å². The molecule has 0 saturated carbocycles. The Kier molecular flexibility index (Phi) is 3.70. The fraction of sp³-hybridized carbons (Fsp3) is 0.0588. The third kappa shape index (κ3) is 2.88. The number of methoxy groups -OCH3 is 1. The Balaban J connectivity index is 1.88. The molecule has 0 radical (unpaired) electrons. The first-order valence-corrected chi connectivity index (χ1v) is 6.57. The van der Waals surface area contributed by atoms with E-state index < -0.39 is 11.9 Å². The molecule has 22 heavy (non-hydrogen) atoms. The van der Waals surface area contributed by atoms with Crippen LogP contribution in [0.2, 0.25) is 0 Å². The monoisotopic (exact) mass is 297 g/mol. The van der Waals surface area contributed by atoms with Gasteiger partial charge in [0.2, 0.25) is 5.95 Å². The van der Waals surface area contributed by atoms with Gasteiger partial charge in [0.25, 0.3) is 0 Å². The zero-order valence-corrected chi connectivity index (χ0v) is 11.7. The highest BCUT2D eigenvalue weighted by Crippen LogP contribution is 2.25. The van der Waals surface area contributed by atoms with Gasteiger partial charge in [-0.2, -0.15) is 4.39 Å². The van der Waals surface area contributed by atoms with Gasteiger partial charge in [-0.25, -0.2) is 9.78 Å². The van der Waals surface area contributed by atoms with E-state index in [2.05, 4.69) is 4.98 Å². The molecule has 0 aliphatic heterocycles. The van der Waals surface area contributed by atoms with Crippen molar-refractivity contribution in [3.63, 3.8) is 0 Å². The third-order valence-corrected chi connectivity index (χ3v) is 3.19. The fourth-order valence-electron chi connectivity index (χ4n) is 2.09. The summed E-state index contributed by atoms with van der Waals surface area (Å²) < 4.78 is 23.5. The summed E-state index contributed by atoms with van der Waals surface area (Å²) in [5.41, 5.74) is 0.109. The minimum atomic E-state index is -0.724. The first-order valence-electron chi connectivity index (χ1n) is 6.57. The van der Waals surface area contributed by atoms with Gasteiger partial charge in [0.05, 0.1) is 12.7 Å². The van der Waals surface area contributed by atoms with Gasteiger partial charge >= 0.3 is 5.97 Å². The summed E-state index contributed by atoms with van der Waals surface area (Å²) in [4.78, 5) is 15.4. The summed E-state index contributed by atoms with van der Waals surface area (Å²) >= 11 is 0. The van der Waals surface area contributed by atoms with Crippen molar-refractivity contribution < 1.29 is 18.7 Å². The number of nitrogens with zero attached hydrogens (tertiary/aromatic N) is 1. The van der Waals surface area contributed by atoms with Crippen molar-refractivity contribution in [1.82, 2.24) is 4.98 Å². The lowest BCUT2D eigenvalue weighted by Crippen LogP contribution is -2.09. The second-order valence-electron chi connectivity index (χ2n) is 4.63. The molecule has 3 aromatic rings. The molecular formula is C17H12FNO3. The number of hydrogen-bond donors (Lipinski definition) is 0. The molecule has 0 unspecified atom stereocenters. The van der Waals surface area contributed by atoms with Crippen LogP contribution in [0.5, 0.6) is 11.5 Å². The SMILES string of the molecule is COc1ccc2ccc(OC(=O)c3ccnc(F)c3)cc2c1. The van der Waals surface area contributed by atoms with Crippen LogP contribution in [0, 0.1) is 5.95 Å². The lowest BCUT2D eigenvalue weighted by molar-refractivity contribution is 0.0734. The van der Waals surface area contributed by atoms with Gasteiger partial charge in [0, 0.05) is 12.3 Å². The van der Waals surface area contributed by atoms with Crippen molar-refractivity contribution >= 4 is 16.7 Å². The normalized spacial score (nSPS) is 10.5. The van der Waals surface area contributed by atoms with Crippen LogP contribution >= 0.6 is 0 Å². The van der Waals surface area contributed by atoms with Crippen LogP contribution in [0.3, 0.4) is 0 Å². The van der Waals surface area contributed by atoms with Gasteiger partial charge in [0.15, 0.2) is 0 Å². The molecule has 3 rings (SSSR count). The zero-order valence-electron chi connectivity index (χ0n) is 11.7. The Morgan fingerprint density at radius 1 is 1.00 bits per heavy atom. The first kappa shape index (κ1) is 14.0. The molecule has 1 heterocycles. The average molecular weight is 297 g/mol. The number of benzene rings is 2. The number of aromatic nitrogens is 1. The summed E-state index contributed by atoms with van der Waals surface area (Å²) in [7, 11) is 1.59. The Hall–Kier alpha value is -2.95. The molecular weight excluding hydrogens is 285 g/mol. The molecule has 0 aliphatic rings. The summed E-state index contributed by atoms with van der Waals surface area (Å²) in [5.74, 6) is -0.267. The standard InChI is InChI=1S/C17H12FNO3/c1-21-14-4-2-11-3-5-15(9-13(11)8-14)22-17(20)12-6-7-19-16(18)10-12/h2-10H,1H3. The van der Waals surface area contributed by atoms with Crippen LogP contribution in [0.4, 0.5) is 4.39 Å². The number of fused-ring (bicyclic) bond motifs is 1. The Bertz CT molecular complexity index is 848. The Morgan fingerprint density at radius 3 is 2.45 bits per heavy atom. The summed E-state index contributed by atoms with van der Waals surface area (Å²) in [5, 5.41) is 1.88. The average Bonchev–Trinajstić information content (AvgIpc) is 2.54. The predicted molar refractivity (Wildman–Crippen MR) is 79.7 cm³/mol. The second kappa shape index (κ2) is 5.81. The number of carbonyl (C=O) groups excluding carboxylic acids is 1. The molecule has 5 heteroatoms. The van der Waals surface area contributed by atoms with Crippen LogP contribution in [0.25, 0.3) is 10.8 Å². The van der Waals surface area contributed by atoms with Crippen LogP contribution in [-0.2, 0) is 0 Å². The van der Waals surface area contributed by atoms with Crippen molar-refractivity contribution in [3.8, 4) is 11.5 Å². The molecule has 0 amide bonds. The highest BCUT2D eigenvalue weighted by atomic mass is 19.1. The first-order chi connectivity index (χ1) is 10.7. The van der Waals surface area contributed by atoms with Gasteiger partial charge in [-0.3, -0.25) is 0 Å². The van der Waals surface area contributed by atoms with E-state index in [9.17, 15) is 9.18 Å². The van der Waals surface area contributed by atoms with E-state index in [1.165, 1.54) is 12.3 Å². The molecule has 110 valence electrons. The number of pyridine rings is 1. The Morgan fingerprint density at radius 2 is 1.73 bits per heavy atom. The van der Waals surface area contributed by atoms with Crippen molar-refractivity contribution in [2.75, 3.05) is 7.11 Å².